The highest BCUT2D eigenvalue weighted by atomic mass is 79.9. The Labute approximate surface area is 120 Å². The molecule has 0 atom stereocenters. The van der Waals surface area contributed by atoms with E-state index >= 15 is 0 Å². The quantitative estimate of drug-likeness (QED) is 0.796. The minimum absolute atomic E-state index is 0.141. The van der Waals surface area contributed by atoms with Crippen LogP contribution < -0.4 is 4.72 Å². The number of carbonyl (C=O) groups excluding carboxylic acids is 1. The molecule has 0 spiro atoms. The maximum atomic E-state index is 11.7. The number of sulfonamides is 1. The molecule has 1 N–H and O–H groups in total. The first-order valence-corrected chi connectivity index (χ1v) is 7.76. The van der Waals surface area contributed by atoms with E-state index in [9.17, 15) is 13.2 Å². The van der Waals surface area contributed by atoms with Crippen LogP contribution in [0.15, 0.2) is 35.3 Å². The fraction of sp³-hybridized carbons (Fsp3) is 0.250. The van der Waals surface area contributed by atoms with E-state index in [1.165, 1.54) is 19.2 Å². The Hall–Kier alpha value is -1.18. The second-order valence-electron chi connectivity index (χ2n) is 3.79. The van der Waals surface area contributed by atoms with Crippen LogP contribution in [0.25, 0.3) is 0 Å². The van der Waals surface area contributed by atoms with E-state index in [0.29, 0.717) is 15.6 Å². The second-order valence-corrected chi connectivity index (χ2v) is 6.71. The minimum atomic E-state index is -3.43. The molecule has 0 fully saturated rings. The number of carbonyl (C=O) groups is 1. The molecule has 0 unspecified atom stereocenters. The third-order valence-corrected chi connectivity index (χ3v) is 3.79. The van der Waals surface area contributed by atoms with Gasteiger partial charge < -0.3 is 4.74 Å². The van der Waals surface area contributed by atoms with Crippen LogP contribution in [0, 0.1) is 0 Å². The predicted molar refractivity (Wildman–Crippen MR) is 76.5 cm³/mol. The first-order chi connectivity index (χ1) is 8.84. The monoisotopic (exact) mass is 347 g/mol. The molecular formula is C12H14BrNO4S. The van der Waals surface area contributed by atoms with Crippen LogP contribution >= 0.6 is 15.9 Å². The Morgan fingerprint density at radius 1 is 1.37 bits per heavy atom. The van der Waals surface area contributed by atoms with E-state index in [1.54, 1.807) is 12.1 Å². The molecule has 5 nitrogen and oxygen atoms in total. The summed E-state index contributed by atoms with van der Waals surface area (Å²) in [6.45, 7) is 3.69. The van der Waals surface area contributed by atoms with Crippen molar-refractivity contribution in [2.24, 2.45) is 0 Å². The van der Waals surface area contributed by atoms with Gasteiger partial charge in [-0.2, -0.15) is 0 Å². The van der Waals surface area contributed by atoms with Crippen molar-refractivity contribution in [3.8, 4) is 0 Å². The molecule has 0 amide bonds. The zero-order valence-corrected chi connectivity index (χ0v) is 12.8. The van der Waals surface area contributed by atoms with E-state index in [1.807, 2.05) is 0 Å². The van der Waals surface area contributed by atoms with Crippen molar-refractivity contribution in [2.45, 2.75) is 5.75 Å². The van der Waals surface area contributed by atoms with Gasteiger partial charge in [0.1, 0.15) is 0 Å². The summed E-state index contributed by atoms with van der Waals surface area (Å²) in [6, 6.07) is 6.21. The molecule has 7 heteroatoms. The minimum Gasteiger partial charge on any atom is -0.465 e. The molecule has 1 aromatic carbocycles. The Kier molecular flexibility index (Phi) is 5.71. The Morgan fingerprint density at radius 2 is 1.95 bits per heavy atom. The van der Waals surface area contributed by atoms with Gasteiger partial charge in [0.2, 0.25) is 10.0 Å². The van der Waals surface area contributed by atoms with Crippen LogP contribution in [0.5, 0.6) is 0 Å². The first kappa shape index (κ1) is 15.9. The molecule has 1 aromatic rings. The van der Waals surface area contributed by atoms with Crippen molar-refractivity contribution in [1.82, 2.24) is 4.72 Å². The lowest BCUT2D eigenvalue weighted by atomic mass is 10.1. The summed E-state index contributed by atoms with van der Waals surface area (Å²) in [6.07, 6.45) is 0. The molecule has 0 aliphatic rings. The molecule has 1 rings (SSSR count). The maximum Gasteiger partial charge on any atom is 0.337 e. The molecule has 0 aliphatic carbocycles. The van der Waals surface area contributed by atoms with Gasteiger partial charge in [0, 0.05) is 11.0 Å². The number of halogens is 1. The summed E-state index contributed by atoms with van der Waals surface area (Å²) in [5.74, 6) is -0.613. The summed E-state index contributed by atoms with van der Waals surface area (Å²) in [7, 11) is -2.14. The average Bonchev–Trinajstić information content (AvgIpc) is 2.36. The standard InChI is InChI=1S/C12H14BrNO4S/c1-9(13)7-14-19(16,17)8-10-3-5-11(6-4-10)12(15)18-2/h3-6,14H,1,7-8H2,2H3. The highest BCUT2D eigenvalue weighted by molar-refractivity contribution is 9.11. The number of nitrogens with one attached hydrogen (secondary N) is 1. The van der Waals surface area contributed by atoms with Crippen molar-refractivity contribution in [1.29, 1.82) is 0 Å². The molecule has 0 saturated heterocycles. The van der Waals surface area contributed by atoms with Crippen LogP contribution in [0.4, 0.5) is 0 Å². The topological polar surface area (TPSA) is 72.5 Å². The number of hydrogen-bond acceptors (Lipinski definition) is 4. The fourth-order valence-electron chi connectivity index (χ4n) is 1.31. The SMILES string of the molecule is C=C(Br)CNS(=O)(=O)Cc1ccc(C(=O)OC)cc1. The van der Waals surface area contributed by atoms with E-state index in [2.05, 4.69) is 32.0 Å². The number of rotatable bonds is 6. The number of benzene rings is 1. The van der Waals surface area contributed by atoms with Gasteiger partial charge in [0.15, 0.2) is 0 Å². The molecule has 0 radical (unpaired) electrons. The molecule has 0 heterocycles. The van der Waals surface area contributed by atoms with Crippen molar-refractivity contribution < 1.29 is 17.9 Å². The van der Waals surface area contributed by atoms with Gasteiger partial charge in [0.05, 0.1) is 18.4 Å². The lowest BCUT2D eigenvalue weighted by Crippen LogP contribution is -2.26. The van der Waals surface area contributed by atoms with Crippen LogP contribution in [-0.2, 0) is 20.5 Å². The molecular weight excluding hydrogens is 334 g/mol. The van der Waals surface area contributed by atoms with Gasteiger partial charge in [-0.1, -0.05) is 34.6 Å². The number of ether oxygens (including phenoxy) is 1. The van der Waals surface area contributed by atoms with Gasteiger partial charge in [0.25, 0.3) is 0 Å². The molecule has 19 heavy (non-hydrogen) atoms. The highest BCUT2D eigenvalue weighted by Gasteiger charge is 2.12. The van der Waals surface area contributed by atoms with Gasteiger partial charge in [-0.05, 0) is 17.7 Å². The zero-order valence-electron chi connectivity index (χ0n) is 10.3. The third kappa shape index (κ3) is 5.54. The van der Waals surface area contributed by atoms with E-state index in [0.717, 1.165) is 0 Å². The van der Waals surface area contributed by atoms with Gasteiger partial charge >= 0.3 is 5.97 Å². The lowest BCUT2D eigenvalue weighted by Gasteiger charge is -2.06. The van der Waals surface area contributed by atoms with Crippen LogP contribution in [-0.4, -0.2) is 28.0 Å². The molecule has 0 bridgehead atoms. The summed E-state index contributed by atoms with van der Waals surface area (Å²) >= 11 is 3.07. The van der Waals surface area contributed by atoms with Crippen molar-refractivity contribution in [2.75, 3.05) is 13.7 Å². The lowest BCUT2D eigenvalue weighted by molar-refractivity contribution is 0.0600. The fourth-order valence-corrected chi connectivity index (χ4v) is 2.77. The molecule has 0 aliphatic heterocycles. The molecule has 0 saturated carbocycles. The van der Waals surface area contributed by atoms with E-state index < -0.39 is 16.0 Å². The van der Waals surface area contributed by atoms with Gasteiger partial charge in [-0.15, -0.1) is 0 Å². The normalized spacial score (nSPS) is 11.1. The largest absolute Gasteiger partial charge is 0.465 e. The molecule has 0 aromatic heterocycles. The van der Waals surface area contributed by atoms with Crippen molar-refractivity contribution in [3.63, 3.8) is 0 Å². The Morgan fingerprint density at radius 3 is 2.42 bits per heavy atom. The van der Waals surface area contributed by atoms with Crippen LogP contribution in [0.1, 0.15) is 15.9 Å². The maximum absolute atomic E-state index is 11.7. The third-order valence-electron chi connectivity index (χ3n) is 2.22. The van der Waals surface area contributed by atoms with Gasteiger partial charge in [-0.25, -0.2) is 17.9 Å². The average molecular weight is 348 g/mol. The summed E-state index contributed by atoms with van der Waals surface area (Å²) in [5.41, 5.74) is 0.964. The first-order valence-electron chi connectivity index (χ1n) is 5.32. The van der Waals surface area contributed by atoms with Crippen molar-refractivity contribution >= 4 is 31.9 Å². The predicted octanol–water partition coefficient (Wildman–Crippen LogP) is 1.80. The van der Waals surface area contributed by atoms with Gasteiger partial charge in [-0.3, -0.25) is 0 Å². The van der Waals surface area contributed by atoms with Crippen LogP contribution in [0.3, 0.4) is 0 Å². The highest BCUT2D eigenvalue weighted by Crippen LogP contribution is 2.09. The summed E-state index contributed by atoms with van der Waals surface area (Å²) < 4.78 is 30.9. The van der Waals surface area contributed by atoms with Crippen LogP contribution in [0.2, 0.25) is 0 Å². The van der Waals surface area contributed by atoms with Crippen molar-refractivity contribution in [3.05, 3.63) is 46.5 Å². The zero-order chi connectivity index (χ0) is 14.5. The van der Waals surface area contributed by atoms with E-state index in [-0.39, 0.29) is 12.3 Å². The summed E-state index contributed by atoms with van der Waals surface area (Å²) in [5, 5.41) is 0. The number of esters is 1. The second kappa shape index (κ2) is 6.83. The smallest absolute Gasteiger partial charge is 0.337 e. The molecule has 104 valence electrons. The Balaban J connectivity index is 2.72. The number of hydrogen-bond donors (Lipinski definition) is 1. The Bertz CT molecular complexity index is 566. The number of methoxy groups -OCH3 is 1. The van der Waals surface area contributed by atoms with E-state index in [4.69, 9.17) is 0 Å². The summed E-state index contributed by atoms with van der Waals surface area (Å²) in [4.78, 5) is 11.2.